The molecule has 0 aliphatic carbocycles. The van der Waals surface area contributed by atoms with Crippen molar-refractivity contribution in [2.75, 3.05) is 14.1 Å². The molecular weight excluding hydrogens is 302 g/mol. The lowest BCUT2D eigenvalue weighted by molar-refractivity contribution is 0.0927. The Morgan fingerprint density at radius 1 is 0.480 bits per heavy atom. The molecule has 0 rings (SSSR count). The van der Waals surface area contributed by atoms with Crippen molar-refractivity contribution >= 4 is 0 Å². The van der Waals surface area contributed by atoms with Crippen LogP contribution in [0.25, 0.3) is 0 Å². The normalized spacial score (nSPS) is 23.6. The fourth-order valence-corrected chi connectivity index (χ4v) is 4.54. The van der Waals surface area contributed by atoms with Gasteiger partial charge in [-0.1, -0.05) is 69.2 Å². The highest BCUT2D eigenvalue weighted by atomic mass is 15.1. The second kappa shape index (κ2) is 11.0. The van der Waals surface area contributed by atoms with E-state index in [-0.39, 0.29) is 0 Å². The molecule has 7 unspecified atom stereocenters. The topological polar surface area (TPSA) is 3.24 Å². The highest BCUT2D eigenvalue weighted by Gasteiger charge is 2.32. The number of nitrogens with zero attached hydrogens (tertiary/aromatic N) is 1. The Morgan fingerprint density at radius 2 is 0.840 bits per heavy atom. The van der Waals surface area contributed by atoms with Crippen LogP contribution in [0.2, 0.25) is 0 Å². The smallest absolute Gasteiger partial charge is 0.00891 e. The first kappa shape index (κ1) is 25.0. The molecule has 0 radical (unpaired) electrons. The maximum Gasteiger partial charge on any atom is 0.00891 e. The first-order valence-corrected chi connectivity index (χ1v) is 11.0. The number of hydrogen-bond acceptors (Lipinski definition) is 1. The summed E-state index contributed by atoms with van der Waals surface area (Å²) in [7, 11) is 4.42. The lowest BCUT2D eigenvalue weighted by Gasteiger charge is -2.40. The van der Waals surface area contributed by atoms with Crippen LogP contribution in [0.5, 0.6) is 0 Å². The SMILES string of the molecule is CC(C[C@H](C)[C@@H](C)C(C)C)C(C)C(C)C(C)C(C)C(C)C(C)N(C)C. The first-order valence-electron chi connectivity index (χ1n) is 11.0. The van der Waals surface area contributed by atoms with Gasteiger partial charge in [0.2, 0.25) is 0 Å². The van der Waals surface area contributed by atoms with Gasteiger partial charge in [0.25, 0.3) is 0 Å². The van der Waals surface area contributed by atoms with Gasteiger partial charge in [0.1, 0.15) is 0 Å². The molecule has 9 atom stereocenters. The van der Waals surface area contributed by atoms with Crippen molar-refractivity contribution in [1.82, 2.24) is 4.90 Å². The molecule has 0 spiro atoms. The van der Waals surface area contributed by atoms with Crippen LogP contribution in [0.1, 0.15) is 82.6 Å². The van der Waals surface area contributed by atoms with Gasteiger partial charge in [0.15, 0.2) is 0 Å². The van der Waals surface area contributed by atoms with Gasteiger partial charge in [-0.3, -0.25) is 0 Å². The molecule has 152 valence electrons. The highest BCUT2D eigenvalue weighted by molar-refractivity contribution is 4.82. The Hall–Kier alpha value is -0.0400. The molecule has 1 heteroatoms. The molecule has 0 saturated carbocycles. The van der Waals surface area contributed by atoms with Crippen LogP contribution < -0.4 is 0 Å². The van der Waals surface area contributed by atoms with Crippen LogP contribution in [-0.4, -0.2) is 25.0 Å². The summed E-state index contributed by atoms with van der Waals surface area (Å²) < 4.78 is 0. The third-order valence-corrected chi connectivity index (χ3v) is 8.48. The molecule has 0 aliphatic heterocycles. The van der Waals surface area contributed by atoms with E-state index < -0.39 is 0 Å². The minimum absolute atomic E-state index is 0.643. The Morgan fingerprint density at radius 3 is 1.24 bits per heavy atom. The average molecular weight is 354 g/mol. The quantitative estimate of drug-likeness (QED) is 0.384. The predicted molar refractivity (Wildman–Crippen MR) is 116 cm³/mol. The van der Waals surface area contributed by atoms with Gasteiger partial charge in [0.05, 0.1) is 0 Å². The van der Waals surface area contributed by atoms with E-state index in [0.29, 0.717) is 6.04 Å². The van der Waals surface area contributed by atoms with Gasteiger partial charge < -0.3 is 4.90 Å². The molecule has 0 amide bonds. The minimum Gasteiger partial charge on any atom is -0.306 e. The zero-order valence-corrected chi connectivity index (χ0v) is 19.9. The van der Waals surface area contributed by atoms with Crippen molar-refractivity contribution in [3.8, 4) is 0 Å². The van der Waals surface area contributed by atoms with Gasteiger partial charge in [-0.15, -0.1) is 0 Å². The standard InChI is InChI=1S/C24H51N/c1-15(2)18(5)16(3)14-17(4)19(6)20(7)21(8)22(9)23(10)24(11)25(12)13/h15-24H,14H2,1-13H3/t16-,17?,18-,19?,20?,21?,22?,23?,24?/m0/s1. The van der Waals surface area contributed by atoms with Crippen molar-refractivity contribution in [3.05, 3.63) is 0 Å². The van der Waals surface area contributed by atoms with Crippen LogP contribution >= 0.6 is 0 Å². The monoisotopic (exact) mass is 353 g/mol. The van der Waals surface area contributed by atoms with Gasteiger partial charge in [0, 0.05) is 6.04 Å². The molecule has 0 bridgehead atoms. The minimum atomic E-state index is 0.643. The van der Waals surface area contributed by atoms with E-state index in [2.05, 4.69) is 95.2 Å². The second-order valence-electron chi connectivity index (χ2n) is 10.3. The molecule has 0 aromatic heterocycles. The van der Waals surface area contributed by atoms with Crippen molar-refractivity contribution in [3.63, 3.8) is 0 Å². The van der Waals surface area contributed by atoms with Crippen molar-refractivity contribution < 1.29 is 0 Å². The number of hydrogen-bond donors (Lipinski definition) is 0. The summed E-state index contributed by atoms with van der Waals surface area (Å²) >= 11 is 0. The Labute approximate surface area is 161 Å². The zero-order chi connectivity index (χ0) is 20.1. The van der Waals surface area contributed by atoms with E-state index in [1.54, 1.807) is 0 Å². The highest BCUT2D eigenvalue weighted by Crippen LogP contribution is 2.38. The molecular formula is C24H51N. The van der Waals surface area contributed by atoms with Crippen LogP contribution in [0.4, 0.5) is 0 Å². The molecule has 25 heavy (non-hydrogen) atoms. The summed E-state index contributed by atoms with van der Waals surface area (Å²) in [6.07, 6.45) is 1.37. The maximum absolute atomic E-state index is 2.51. The third-order valence-electron chi connectivity index (χ3n) is 8.48. The summed E-state index contributed by atoms with van der Waals surface area (Å²) in [5.41, 5.74) is 0. The van der Waals surface area contributed by atoms with Crippen LogP contribution in [0, 0.1) is 53.3 Å². The van der Waals surface area contributed by atoms with Gasteiger partial charge in [-0.25, -0.2) is 0 Å². The van der Waals surface area contributed by atoms with Crippen LogP contribution in [-0.2, 0) is 0 Å². The van der Waals surface area contributed by atoms with Crippen LogP contribution in [0.15, 0.2) is 0 Å². The molecule has 0 aliphatic rings. The van der Waals surface area contributed by atoms with Gasteiger partial charge in [-0.2, -0.15) is 0 Å². The molecule has 0 aromatic carbocycles. The first-order chi connectivity index (χ1) is 11.3. The fraction of sp³-hybridized carbons (Fsp3) is 1.00. The summed E-state index contributed by atoms with van der Waals surface area (Å²) in [6.45, 7) is 26.9. The van der Waals surface area contributed by atoms with E-state index >= 15 is 0 Å². The lowest BCUT2D eigenvalue weighted by Crippen LogP contribution is -2.38. The Kier molecular flexibility index (Phi) is 10.9. The summed E-state index contributed by atoms with van der Waals surface area (Å²) in [5.74, 6) is 7.08. The Bertz CT molecular complexity index is 348. The molecule has 0 N–H and O–H groups in total. The summed E-state index contributed by atoms with van der Waals surface area (Å²) in [4.78, 5) is 2.37. The van der Waals surface area contributed by atoms with E-state index in [1.165, 1.54) is 6.42 Å². The van der Waals surface area contributed by atoms with Crippen molar-refractivity contribution in [1.29, 1.82) is 0 Å². The largest absolute Gasteiger partial charge is 0.306 e. The van der Waals surface area contributed by atoms with Crippen LogP contribution in [0.3, 0.4) is 0 Å². The Balaban J connectivity index is 4.82. The third kappa shape index (κ3) is 7.24. The van der Waals surface area contributed by atoms with E-state index in [1.807, 2.05) is 0 Å². The zero-order valence-electron chi connectivity index (χ0n) is 19.9. The van der Waals surface area contributed by atoms with E-state index in [9.17, 15) is 0 Å². The maximum atomic E-state index is 2.51. The van der Waals surface area contributed by atoms with Gasteiger partial charge in [-0.05, 0) is 80.7 Å². The van der Waals surface area contributed by atoms with Crippen molar-refractivity contribution in [2.24, 2.45) is 53.3 Å². The molecule has 0 heterocycles. The molecule has 1 nitrogen and oxygen atoms in total. The summed E-state index contributed by atoms with van der Waals surface area (Å²) in [5, 5.41) is 0. The second-order valence-corrected chi connectivity index (χ2v) is 10.3. The molecule has 0 aromatic rings. The van der Waals surface area contributed by atoms with Gasteiger partial charge >= 0.3 is 0 Å². The van der Waals surface area contributed by atoms with E-state index in [0.717, 1.165) is 53.3 Å². The lowest BCUT2D eigenvalue weighted by atomic mass is 9.68. The fourth-order valence-electron chi connectivity index (χ4n) is 4.54. The average Bonchev–Trinajstić information content (AvgIpc) is 2.56. The van der Waals surface area contributed by atoms with Crippen molar-refractivity contribution in [2.45, 2.75) is 88.6 Å². The predicted octanol–water partition coefficient (Wildman–Crippen LogP) is 7.07. The molecule has 0 fully saturated rings. The number of rotatable bonds is 11. The molecule has 0 saturated heterocycles. The summed E-state index contributed by atoms with van der Waals surface area (Å²) in [6, 6.07) is 0.643. The van der Waals surface area contributed by atoms with E-state index in [4.69, 9.17) is 0 Å².